The van der Waals surface area contributed by atoms with E-state index in [9.17, 15) is 9.59 Å². The molecule has 1 aliphatic rings. The Labute approximate surface area is 154 Å². The SMILES string of the molecule is Cc1cccc(N2CC(C(=O)NCC#Cc3ccccc3)CC2=O)c1C. The standard InChI is InChI=1S/C22H22N2O2/c1-16-8-6-12-20(17(16)2)24-15-19(14-21(24)25)22(26)23-13-7-11-18-9-4-3-5-10-18/h3-6,8-10,12,19H,13-15H2,1-2H3,(H,23,26). The highest BCUT2D eigenvalue weighted by molar-refractivity contribution is 6.00. The number of carbonyl (C=O) groups is 2. The van der Waals surface area contributed by atoms with Gasteiger partial charge in [-0.2, -0.15) is 0 Å². The molecule has 2 amide bonds. The molecule has 4 heteroatoms. The number of hydrogen-bond acceptors (Lipinski definition) is 2. The smallest absolute Gasteiger partial charge is 0.227 e. The van der Waals surface area contributed by atoms with E-state index in [1.54, 1.807) is 4.90 Å². The Hall–Kier alpha value is -3.06. The zero-order valence-corrected chi connectivity index (χ0v) is 15.1. The van der Waals surface area contributed by atoms with E-state index in [4.69, 9.17) is 0 Å². The monoisotopic (exact) mass is 346 g/mol. The molecule has 0 saturated carbocycles. The molecule has 1 saturated heterocycles. The van der Waals surface area contributed by atoms with Crippen LogP contribution in [0.2, 0.25) is 0 Å². The van der Waals surface area contributed by atoms with Gasteiger partial charge in [0.2, 0.25) is 11.8 Å². The molecule has 3 rings (SSSR count). The molecule has 1 fully saturated rings. The lowest BCUT2D eigenvalue weighted by molar-refractivity contribution is -0.126. The van der Waals surface area contributed by atoms with Gasteiger partial charge < -0.3 is 10.2 Å². The number of benzene rings is 2. The minimum Gasteiger partial charge on any atom is -0.345 e. The molecule has 0 aromatic heterocycles. The van der Waals surface area contributed by atoms with Crippen molar-refractivity contribution in [1.29, 1.82) is 0 Å². The zero-order valence-electron chi connectivity index (χ0n) is 15.1. The zero-order chi connectivity index (χ0) is 18.5. The molecule has 0 spiro atoms. The predicted octanol–water partition coefficient (Wildman–Crippen LogP) is 2.82. The maximum Gasteiger partial charge on any atom is 0.227 e. The summed E-state index contributed by atoms with van der Waals surface area (Å²) in [5.41, 5.74) is 4.03. The minimum absolute atomic E-state index is 0.00535. The summed E-state index contributed by atoms with van der Waals surface area (Å²) >= 11 is 0. The first-order chi connectivity index (χ1) is 12.6. The van der Waals surface area contributed by atoms with E-state index >= 15 is 0 Å². The molecular formula is C22H22N2O2. The Morgan fingerprint density at radius 1 is 1.15 bits per heavy atom. The van der Waals surface area contributed by atoms with E-state index in [-0.39, 0.29) is 30.7 Å². The summed E-state index contributed by atoms with van der Waals surface area (Å²) in [6.45, 7) is 4.72. The maximum absolute atomic E-state index is 12.4. The molecule has 0 bridgehead atoms. The lowest BCUT2D eigenvalue weighted by Gasteiger charge is -2.20. The third-order valence-corrected chi connectivity index (χ3v) is 4.72. The van der Waals surface area contributed by atoms with Crippen LogP contribution in [0.1, 0.15) is 23.1 Å². The fourth-order valence-corrected chi connectivity index (χ4v) is 3.09. The van der Waals surface area contributed by atoms with Gasteiger partial charge in [-0.1, -0.05) is 42.2 Å². The van der Waals surface area contributed by atoms with Crippen molar-refractivity contribution in [1.82, 2.24) is 5.32 Å². The van der Waals surface area contributed by atoms with E-state index in [2.05, 4.69) is 17.2 Å². The fourth-order valence-electron chi connectivity index (χ4n) is 3.09. The average molecular weight is 346 g/mol. The van der Waals surface area contributed by atoms with E-state index in [0.29, 0.717) is 6.54 Å². The van der Waals surface area contributed by atoms with Gasteiger partial charge >= 0.3 is 0 Å². The topological polar surface area (TPSA) is 49.4 Å². The molecular weight excluding hydrogens is 324 g/mol. The summed E-state index contributed by atoms with van der Waals surface area (Å²) in [5, 5.41) is 2.82. The first-order valence-corrected chi connectivity index (χ1v) is 8.74. The molecule has 1 heterocycles. The van der Waals surface area contributed by atoms with Gasteiger partial charge in [-0.15, -0.1) is 0 Å². The van der Waals surface area contributed by atoms with Crippen molar-refractivity contribution in [3.05, 3.63) is 65.2 Å². The van der Waals surface area contributed by atoms with E-state index in [1.165, 1.54) is 0 Å². The number of amides is 2. The number of nitrogens with one attached hydrogen (secondary N) is 1. The Kier molecular flexibility index (Phi) is 5.38. The highest BCUT2D eigenvalue weighted by Gasteiger charge is 2.35. The number of carbonyl (C=O) groups excluding carboxylic acids is 2. The van der Waals surface area contributed by atoms with Crippen molar-refractivity contribution in [3.8, 4) is 11.8 Å². The van der Waals surface area contributed by atoms with Crippen molar-refractivity contribution in [2.45, 2.75) is 20.3 Å². The van der Waals surface area contributed by atoms with Crippen LogP contribution in [0.15, 0.2) is 48.5 Å². The number of hydrogen-bond donors (Lipinski definition) is 1. The highest BCUT2D eigenvalue weighted by atomic mass is 16.2. The van der Waals surface area contributed by atoms with Crippen LogP contribution in [0.4, 0.5) is 5.69 Å². The molecule has 4 nitrogen and oxygen atoms in total. The third kappa shape index (κ3) is 3.94. The molecule has 1 aliphatic heterocycles. The largest absolute Gasteiger partial charge is 0.345 e. The van der Waals surface area contributed by atoms with Gasteiger partial charge in [0.1, 0.15) is 0 Å². The Bertz CT molecular complexity index is 878. The normalized spacial score (nSPS) is 16.2. The molecule has 0 aliphatic carbocycles. The van der Waals surface area contributed by atoms with Gasteiger partial charge in [-0.05, 0) is 43.2 Å². The van der Waals surface area contributed by atoms with Crippen LogP contribution in [-0.2, 0) is 9.59 Å². The number of aryl methyl sites for hydroxylation is 1. The second kappa shape index (κ2) is 7.88. The van der Waals surface area contributed by atoms with Gasteiger partial charge in [0.15, 0.2) is 0 Å². The molecule has 132 valence electrons. The fraction of sp³-hybridized carbons (Fsp3) is 0.273. The predicted molar refractivity (Wildman–Crippen MR) is 103 cm³/mol. The molecule has 1 N–H and O–H groups in total. The third-order valence-electron chi connectivity index (χ3n) is 4.72. The first kappa shape index (κ1) is 17.8. The molecule has 0 radical (unpaired) electrons. The summed E-state index contributed by atoms with van der Waals surface area (Å²) in [7, 11) is 0. The summed E-state index contributed by atoms with van der Waals surface area (Å²) < 4.78 is 0. The van der Waals surface area contributed by atoms with Crippen LogP contribution >= 0.6 is 0 Å². The van der Waals surface area contributed by atoms with E-state index in [0.717, 1.165) is 22.4 Å². The van der Waals surface area contributed by atoms with Crippen molar-refractivity contribution in [2.75, 3.05) is 18.0 Å². The van der Waals surface area contributed by atoms with Crippen molar-refractivity contribution < 1.29 is 9.59 Å². The van der Waals surface area contributed by atoms with Crippen molar-refractivity contribution in [3.63, 3.8) is 0 Å². The number of nitrogens with zero attached hydrogens (tertiary/aromatic N) is 1. The van der Waals surface area contributed by atoms with Crippen LogP contribution in [0.5, 0.6) is 0 Å². The van der Waals surface area contributed by atoms with Crippen LogP contribution in [0.25, 0.3) is 0 Å². The van der Waals surface area contributed by atoms with Gasteiger partial charge in [0.05, 0.1) is 12.5 Å². The second-order valence-corrected chi connectivity index (χ2v) is 6.51. The van der Waals surface area contributed by atoms with Gasteiger partial charge in [0.25, 0.3) is 0 Å². The van der Waals surface area contributed by atoms with Crippen LogP contribution in [0, 0.1) is 31.6 Å². The van der Waals surface area contributed by atoms with Crippen molar-refractivity contribution in [2.24, 2.45) is 5.92 Å². The van der Waals surface area contributed by atoms with Gasteiger partial charge in [0, 0.05) is 24.2 Å². The Balaban J connectivity index is 1.59. The lowest BCUT2D eigenvalue weighted by atomic mass is 10.1. The number of rotatable bonds is 3. The maximum atomic E-state index is 12.4. The molecule has 1 atom stereocenters. The molecule has 1 unspecified atom stereocenters. The first-order valence-electron chi connectivity index (χ1n) is 8.74. The highest BCUT2D eigenvalue weighted by Crippen LogP contribution is 2.29. The summed E-state index contributed by atoms with van der Waals surface area (Å²) in [6.07, 6.45) is 0.241. The summed E-state index contributed by atoms with van der Waals surface area (Å²) in [4.78, 5) is 26.5. The van der Waals surface area contributed by atoms with E-state index < -0.39 is 0 Å². The lowest BCUT2D eigenvalue weighted by Crippen LogP contribution is -2.33. The second-order valence-electron chi connectivity index (χ2n) is 6.51. The quantitative estimate of drug-likeness (QED) is 0.869. The van der Waals surface area contributed by atoms with E-state index in [1.807, 2.05) is 62.4 Å². The molecule has 2 aromatic carbocycles. The van der Waals surface area contributed by atoms with Crippen LogP contribution in [-0.4, -0.2) is 24.9 Å². The summed E-state index contributed by atoms with van der Waals surface area (Å²) in [5.74, 6) is 5.50. The van der Waals surface area contributed by atoms with Crippen LogP contribution < -0.4 is 10.2 Å². The average Bonchev–Trinajstić information content (AvgIpc) is 3.03. The van der Waals surface area contributed by atoms with Crippen LogP contribution in [0.3, 0.4) is 0 Å². The molecule has 2 aromatic rings. The minimum atomic E-state index is -0.332. The summed E-state index contributed by atoms with van der Waals surface area (Å²) in [6, 6.07) is 15.5. The van der Waals surface area contributed by atoms with Gasteiger partial charge in [-0.3, -0.25) is 9.59 Å². The Morgan fingerprint density at radius 3 is 2.69 bits per heavy atom. The van der Waals surface area contributed by atoms with Gasteiger partial charge in [-0.25, -0.2) is 0 Å². The molecule has 26 heavy (non-hydrogen) atoms. The van der Waals surface area contributed by atoms with Crippen molar-refractivity contribution >= 4 is 17.5 Å². The number of anilines is 1. The Morgan fingerprint density at radius 2 is 1.92 bits per heavy atom.